The average molecular weight is 377 g/mol. The Morgan fingerprint density at radius 2 is 1.71 bits per heavy atom. The number of carbonyl (C=O) groups excluding carboxylic acids is 1. The van der Waals surface area contributed by atoms with Crippen LogP contribution in [0.25, 0.3) is 6.08 Å². The summed E-state index contributed by atoms with van der Waals surface area (Å²) >= 11 is 0. The maximum Gasteiger partial charge on any atom is 0.335 e. The molecule has 7 heteroatoms. The highest BCUT2D eigenvalue weighted by molar-refractivity contribution is 6.09. The van der Waals surface area contributed by atoms with Crippen LogP contribution < -0.4 is 10.2 Å². The van der Waals surface area contributed by atoms with Gasteiger partial charge >= 0.3 is 5.97 Å². The van der Waals surface area contributed by atoms with Crippen molar-refractivity contribution in [1.29, 1.82) is 5.26 Å². The first-order valence-corrected chi connectivity index (χ1v) is 8.76. The number of carboxylic acids is 1. The molecule has 0 unspecified atom stereocenters. The van der Waals surface area contributed by atoms with Crippen LogP contribution in [0.5, 0.6) is 0 Å². The minimum absolute atomic E-state index is 0.0403. The Balaban J connectivity index is 1.69. The Kier molecular flexibility index (Phi) is 6.04. The molecule has 1 fully saturated rings. The van der Waals surface area contributed by atoms with Gasteiger partial charge in [0.25, 0.3) is 5.91 Å². The molecule has 0 aromatic heterocycles. The smallest absolute Gasteiger partial charge is 0.335 e. The highest BCUT2D eigenvalue weighted by atomic mass is 16.5. The van der Waals surface area contributed by atoms with Gasteiger partial charge in [0.1, 0.15) is 11.6 Å². The van der Waals surface area contributed by atoms with Gasteiger partial charge in [0.05, 0.1) is 18.8 Å². The van der Waals surface area contributed by atoms with E-state index in [1.54, 1.807) is 0 Å². The number of carbonyl (C=O) groups is 2. The Morgan fingerprint density at radius 1 is 1.07 bits per heavy atom. The van der Waals surface area contributed by atoms with Gasteiger partial charge in [-0.3, -0.25) is 4.79 Å². The van der Waals surface area contributed by atoms with Crippen LogP contribution in [0.3, 0.4) is 0 Å². The van der Waals surface area contributed by atoms with E-state index in [2.05, 4.69) is 10.2 Å². The lowest BCUT2D eigenvalue weighted by Gasteiger charge is -2.28. The van der Waals surface area contributed by atoms with Gasteiger partial charge in [0, 0.05) is 24.5 Å². The third-order valence-electron chi connectivity index (χ3n) is 4.34. The van der Waals surface area contributed by atoms with Crippen molar-refractivity contribution in [2.24, 2.45) is 0 Å². The van der Waals surface area contributed by atoms with Crippen LogP contribution in [0.2, 0.25) is 0 Å². The summed E-state index contributed by atoms with van der Waals surface area (Å²) in [5.41, 5.74) is 2.31. The van der Waals surface area contributed by atoms with E-state index in [-0.39, 0.29) is 11.1 Å². The molecule has 142 valence electrons. The van der Waals surface area contributed by atoms with Gasteiger partial charge < -0.3 is 20.1 Å². The number of morpholine rings is 1. The number of nitrogens with one attached hydrogen (secondary N) is 1. The summed E-state index contributed by atoms with van der Waals surface area (Å²) in [6.07, 6.45) is 1.52. The number of ether oxygens (including phenoxy) is 1. The van der Waals surface area contributed by atoms with Gasteiger partial charge in [-0.15, -0.1) is 0 Å². The number of hydrogen-bond acceptors (Lipinski definition) is 5. The summed E-state index contributed by atoms with van der Waals surface area (Å²) in [6, 6.07) is 15.3. The Labute approximate surface area is 162 Å². The lowest BCUT2D eigenvalue weighted by Crippen LogP contribution is -2.36. The molecule has 1 aliphatic rings. The van der Waals surface area contributed by atoms with E-state index in [0.717, 1.165) is 24.3 Å². The predicted octanol–water partition coefficient (Wildman–Crippen LogP) is 2.77. The van der Waals surface area contributed by atoms with Crippen molar-refractivity contribution in [2.75, 3.05) is 36.5 Å². The second-order valence-electron chi connectivity index (χ2n) is 6.20. The summed E-state index contributed by atoms with van der Waals surface area (Å²) in [5, 5.41) is 20.8. The number of hydrogen-bond donors (Lipinski definition) is 2. The van der Waals surface area contributed by atoms with E-state index < -0.39 is 11.9 Å². The van der Waals surface area contributed by atoms with E-state index in [0.29, 0.717) is 18.9 Å². The summed E-state index contributed by atoms with van der Waals surface area (Å²) in [6.45, 7) is 3.07. The minimum atomic E-state index is -1.05. The third kappa shape index (κ3) is 4.75. The number of benzene rings is 2. The molecule has 7 nitrogen and oxygen atoms in total. The monoisotopic (exact) mass is 377 g/mol. The molecule has 0 radical (unpaired) electrons. The van der Waals surface area contributed by atoms with Gasteiger partial charge in [-0.2, -0.15) is 5.26 Å². The molecular formula is C21H19N3O4. The number of anilines is 2. The standard InChI is InChI=1S/C21H19N3O4/c22-14-17(20(25)23-18-5-3-16(4-6-18)21(26)27)13-15-1-7-19(8-2-15)24-9-11-28-12-10-24/h1-8,13H,9-12H2,(H,23,25)(H,26,27)/b17-13-. The lowest BCUT2D eigenvalue weighted by molar-refractivity contribution is -0.112. The van der Waals surface area contributed by atoms with Gasteiger partial charge in [-0.25, -0.2) is 4.79 Å². The molecule has 0 spiro atoms. The normalized spacial score (nSPS) is 14.2. The molecular weight excluding hydrogens is 358 g/mol. The molecule has 2 N–H and O–H groups in total. The molecule has 1 saturated heterocycles. The second kappa shape index (κ2) is 8.84. The summed E-state index contributed by atoms with van der Waals surface area (Å²) in [7, 11) is 0. The molecule has 2 aromatic rings. The van der Waals surface area contributed by atoms with Gasteiger partial charge in [0.2, 0.25) is 0 Å². The Bertz CT molecular complexity index is 922. The Morgan fingerprint density at radius 3 is 2.29 bits per heavy atom. The molecule has 1 heterocycles. The molecule has 0 aliphatic carbocycles. The van der Waals surface area contributed by atoms with Crippen molar-refractivity contribution in [1.82, 2.24) is 0 Å². The fraction of sp³-hybridized carbons (Fsp3) is 0.190. The number of amides is 1. The molecule has 2 aromatic carbocycles. The van der Waals surface area contributed by atoms with Gasteiger partial charge in [-0.1, -0.05) is 12.1 Å². The molecule has 1 amide bonds. The third-order valence-corrected chi connectivity index (χ3v) is 4.34. The second-order valence-corrected chi connectivity index (χ2v) is 6.20. The van der Waals surface area contributed by atoms with Crippen LogP contribution in [0.15, 0.2) is 54.1 Å². The van der Waals surface area contributed by atoms with Crippen molar-refractivity contribution in [3.63, 3.8) is 0 Å². The van der Waals surface area contributed by atoms with Crippen LogP contribution >= 0.6 is 0 Å². The number of rotatable bonds is 5. The highest BCUT2D eigenvalue weighted by Gasteiger charge is 2.12. The maximum atomic E-state index is 12.3. The minimum Gasteiger partial charge on any atom is -0.478 e. The van der Waals surface area contributed by atoms with Crippen molar-refractivity contribution in [3.05, 3.63) is 65.2 Å². The van der Waals surface area contributed by atoms with Gasteiger partial charge in [0.15, 0.2) is 0 Å². The van der Waals surface area contributed by atoms with Crippen LogP contribution in [0, 0.1) is 11.3 Å². The Hall–Kier alpha value is -3.63. The van der Waals surface area contributed by atoms with Crippen molar-refractivity contribution in [2.45, 2.75) is 0 Å². The first-order valence-electron chi connectivity index (χ1n) is 8.76. The molecule has 28 heavy (non-hydrogen) atoms. The molecule has 0 saturated carbocycles. The van der Waals surface area contributed by atoms with Crippen LogP contribution in [-0.4, -0.2) is 43.3 Å². The van der Waals surface area contributed by atoms with E-state index in [4.69, 9.17) is 9.84 Å². The summed E-state index contributed by atoms with van der Waals surface area (Å²) in [5.74, 6) is -1.60. The first-order chi connectivity index (χ1) is 13.6. The predicted molar refractivity (Wildman–Crippen MR) is 105 cm³/mol. The number of nitrogens with zero attached hydrogens (tertiary/aromatic N) is 2. The topological polar surface area (TPSA) is 103 Å². The van der Waals surface area contributed by atoms with Crippen LogP contribution in [-0.2, 0) is 9.53 Å². The van der Waals surface area contributed by atoms with E-state index in [9.17, 15) is 14.9 Å². The van der Waals surface area contributed by atoms with Crippen LogP contribution in [0.4, 0.5) is 11.4 Å². The zero-order valence-corrected chi connectivity index (χ0v) is 15.1. The lowest BCUT2D eigenvalue weighted by atomic mass is 10.1. The first kappa shape index (κ1) is 19.1. The number of carboxylic acid groups (broad SMARTS) is 1. The van der Waals surface area contributed by atoms with E-state index in [1.165, 1.54) is 30.3 Å². The average Bonchev–Trinajstić information content (AvgIpc) is 2.73. The van der Waals surface area contributed by atoms with E-state index in [1.807, 2.05) is 30.3 Å². The SMILES string of the molecule is N#C/C(=C/c1ccc(N2CCOCC2)cc1)C(=O)Nc1ccc(C(=O)O)cc1. The quantitative estimate of drug-likeness (QED) is 0.614. The fourth-order valence-corrected chi connectivity index (χ4v) is 2.81. The van der Waals surface area contributed by atoms with Crippen LogP contribution in [0.1, 0.15) is 15.9 Å². The summed E-state index contributed by atoms with van der Waals surface area (Å²) < 4.78 is 5.34. The number of nitriles is 1. The maximum absolute atomic E-state index is 12.3. The number of aromatic carboxylic acids is 1. The zero-order valence-electron chi connectivity index (χ0n) is 15.1. The fourth-order valence-electron chi connectivity index (χ4n) is 2.81. The highest BCUT2D eigenvalue weighted by Crippen LogP contribution is 2.18. The largest absolute Gasteiger partial charge is 0.478 e. The molecule has 3 rings (SSSR count). The van der Waals surface area contributed by atoms with Crippen molar-refractivity contribution < 1.29 is 19.4 Å². The van der Waals surface area contributed by atoms with Crippen molar-refractivity contribution >= 4 is 29.3 Å². The molecule has 1 aliphatic heterocycles. The molecule has 0 atom stereocenters. The summed E-state index contributed by atoms with van der Waals surface area (Å²) in [4.78, 5) is 25.4. The van der Waals surface area contributed by atoms with Crippen molar-refractivity contribution in [3.8, 4) is 6.07 Å². The molecule has 0 bridgehead atoms. The van der Waals surface area contributed by atoms with Gasteiger partial charge in [-0.05, 0) is 48.0 Å². The zero-order chi connectivity index (χ0) is 19.9. The van der Waals surface area contributed by atoms with E-state index >= 15 is 0 Å².